The summed E-state index contributed by atoms with van der Waals surface area (Å²) in [4.78, 5) is 0. The van der Waals surface area contributed by atoms with Gasteiger partial charge in [0.1, 0.15) is 5.72 Å². The average molecular weight is 172 g/mol. The van der Waals surface area contributed by atoms with Gasteiger partial charge in [0.05, 0.1) is 12.1 Å². The van der Waals surface area contributed by atoms with E-state index >= 15 is 0 Å². The molecule has 0 spiro atoms. The van der Waals surface area contributed by atoms with Crippen LogP contribution in [-0.2, 0) is 9.94 Å². The minimum atomic E-state index is -0.552. The molecule has 3 nitrogen and oxygen atoms in total. The highest BCUT2D eigenvalue weighted by Gasteiger charge is 2.50. The molecule has 1 rings (SSSR count). The van der Waals surface area contributed by atoms with E-state index < -0.39 is 5.72 Å². The van der Waals surface area contributed by atoms with Crippen LogP contribution in [0.5, 0.6) is 0 Å². The molecular formula is C9H18NO2. The van der Waals surface area contributed by atoms with Gasteiger partial charge in [-0.25, -0.2) is 0 Å². The van der Waals surface area contributed by atoms with Gasteiger partial charge in [-0.1, -0.05) is 13.8 Å². The minimum Gasteiger partial charge on any atom is -0.356 e. The molecule has 0 unspecified atom stereocenters. The van der Waals surface area contributed by atoms with Gasteiger partial charge in [-0.05, 0) is 26.7 Å². The highest BCUT2D eigenvalue weighted by atomic mass is 16.6. The van der Waals surface area contributed by atoms with Crippen molar-refractivity contribution >= 4 is 0 Å². The lowest BCUT2D eigenvalue weighted by atomic mass is 10.0. The van der Waals surface area contributed by atoms with Gasteiger partial charge in [0.15, 0.2) is 0 Å². The van der Waals surface area contributed by atoms with E-state index in [0.29, 0.717) is 6.61 Å². The van der Waals surface area contributed by atoms with Gasteiger partial charge in [0.2, 0.25) is 0 Å². The van der Waals surface area contributed by atoms with Crippen molar-refractivity contribution in [3.8, 4) is 0 Å². The molecule has 0 atom stereocenters. The molecule has 1 radical (unpaired) electrons. The van der Waals surface area contributed by atoms with E-state index in [-0.39, 0.29) is 5.54 Å². The van der Waals surface area contributed by atoms with Gasteiger partial charge >= 0.3 is 0 Å². The summed E-state index contributed by atoms with van der Waals surface area (Å²) in [5.41, 5.74) is -0.907. The third-order valence-corrected chi connectivity index (χ3v) is 2.72. The monoisotopic (exact) mass is 172 g/mol. The zero-order chi connectivity index (χ0) is 9.41. The summed E-state index contributed by atoms with van der Waals surface area (Å²) in [6, 6.07) is 0. The fraction of sp³-hybridized carbons (Fsp3) is 1.00. The largest absolute Gasteiger partial charge is 0.356 e. The lowest BCUT2D eigenvalue weighted by molar-refractivity contribution is -0.292. The lowest BCUT2D eigenvalue weighted by Gasteiger charge is -2.33. The van der Waals surface area contributed by atoms with E-state index in [1.807, 2.05) is 27.7 Å². The Morgan fingerprint density at radius 1 is 1.33 bits per heavy atom. The summed E-state index contributed by atoms with van der Waals surface area (Å²) < 4.78 is 5.58. The van der Waals surface area contributed by atoms with E-state index in [0.717, 1.165) is 17.9 Å². The summed E-state index contributed by atoms with van der Waals surface area (Å²) in [6.07, 6.45) is 1.52. The predicted molar refractivity (Wildman–Crippen MR) is 45.9 cm³/mol. The number of nitrogens with zero attached hydrogens (tertiary/aromatic N) is 1. The molecule has 1 heterocycles. The first-order chi connectivity index (χ1) is 5.48. The first-order valence-corrected chi connectivity index (χ1v) is 4.60. The highest BCUT2D eigenvalue weighted by Crippen LogP contribution is 2.37. The normalized spacial score (nSPS) is 27.8. The second kappa shape index (κ2) is 2.98. The van der Waals surface area contributed by atoms with Crippen molar-refractivity contribution in [2.75, 3.05) is 6.61 Å². The lowest BCUT2D eigenvalue weighted by Crippen LogP contribution is -2.48. The Morgan fingerprint density at radius 2 is 1.83 bits per heavy atom. The van der Waals surface area contributed by atoms with Crippen LogP contribution in [-0.4, -0.2) is 22.9 Å². The highest BCUT2D eigenvalue weighted by molar-refractivity contribution is 4.91. The SMILES string of the molecule is CCC1(CC)OCC(C)(C)N1[O]. The molecule has 0 aromatic carbocycles. The van der Waals surface area contributed by atoms with E-state index in [1.165, 1.54) is 0 Å². The second-order valence-corrected chi connectivity index (χ2v) is 4.05. The van der Waals surface area contributed by atoms with Crippen molar-refractivity contribution in [1.82, 2.24) is 5.06 Å². The van der Waals surface area contributed by atoms with Crippen molar-refractivity contribution in [3.63, 3.8) is 0 Å². The van der Waals surface area contributed by atoms with Crippen molar-refractivity contribution in [2.45, 2.75) is 51.8 Å². The first-order valence-electron chi connectivity index (χ1n) is 4.60. The third-order valence-electron chi connectivity index (χ3n) is 2.72. The zero-order valence-electron chi connectivity index (χ0n) is 8.39. The quantitative estimate of drug-likeness (QED) is 0.637. The van der Waals surface area contributed by atoms with Crippen molar-refractivity contribution in [1.29, 1.82) is 0 Å². The molecule has 1 aliphatic heterocycles. The van der Waals surface area contributed by atoms with Crippen LogP contribution >= 0.6 is 0 Å². The summed E-state index contributed by atoms with van der Waals surface area (Å²) >= 11 is 0. The van der Waals surface area contributed by atoms with Crippen molar-refractivity contribution in [3.05, 3.63) is 0 Å². The van der Waals surface area contributed by atoms with Gasteiger partial charge in [0.25, 0.3) is 0 Å². The van der Waals surface area contributed by atoms with Crippen LogP contribution < -0.4 is 0 Å². The maximum Gasteiger partial charge on any atom is 0.147 e. The molecular weight excluding hydrogens is 154 g/mol. The smallest absolute Gasteiger partial charge is 0.147 e. The van der Waals surface area contributed by atoms with Gasteiger partial charge < -0.3 is 4.74 Å². The van der Waals surface area contributed by atoms with Crippen molar-refractivity contribution in [2.24, 2.45) is 0 Å². The maximum absolute atomic E-state index is 11.8. The third kappa shape index (κ3) is 1.26. The van der Waals surface area contributed by atoms with E-state index in [9.17, 15) is 5.21 Å². The molecule has 0 aromatic heterocycles. The minimum absolute atomic E-state index is 0.355. The van der Waals surface area contributed by atoms with Crippen LogP contribution in [0.15, 0.2) is 0 Å². The summed E-state index contributed by atoms with van der Waals surface area (Å²) in [5, 5.41) is 12.9. The molecule has 0 amide bonds. The second-order valence-electron chi connectivity index (χ2n) is 4.05. The standard InChI is InChI=1S/C9H18NO2/c1-5-9(6-2)10(11)8(3,4)7-12-9/h5-7H2,1-4H3. The Hall–Kier alpha value is -0.120. The molecule has 0 aromatic rings. The Kier molecular flexibility index (Phi) is 2.47. The fourth-order valence-corrected chi connectivity index (χ4v) is 1.72. The fourth-order valence-electron chi connectivity index (χ4n) is 1.72. The van der Waals surface area contributed by atoms with Gasteiger partial charge in [-0.15, -0.1) is 10.3 Å². The van der Waals surface area contributed by atoms with Crippen LogP contribution in [0.2, 0.25) is 0 Å². The van der Waals surface area contributed by atoms with E-state index in [4.69, 9.17) is 4.74 Å². The summed E-state index contributed by atoms with van der Waals surface area (Å²) in [5.74, 6) is 0. The molecule has 1 saturated heterocycles. The number of hydrogen-bond donors (Lipinski definition) is 0. The number of hydroxylamine groups is 2. The Balaban J connectivity index is 2.83. The summed E-state index contributed by atoms with van der Waals surface area (Å²) in [7, 11) is 0. The Labute approximate surface area is 74.3 Å². The zero-order valence-corrected chi connectivity index (χ0v) is 8.39. The maximum atomic E-state index is 11.8. The molecule has 0 N–H and O–H groups in total. The van der Waals surface area contributed by atoms with Gasteiger partial charge in [-0.2, -0.15) is 0 Å². The van der Waals surface area contributed by atoms with E-state index in [2.05, 4.69) is 0 Å². The Morgan fingerprint density at radius 3 is 2.00 bits per heavy atom. The molecule has 0 saturated carbocycles. The molecule has 12 heavy (non-hydrogen) atoms. The molecule has 0 aliphatic carbocycles. The number of rotatable bonds is 2. The number of ether oxygens (including phenoxy) is 1. The molecule has 71 valence electrons. The van der Waals surface area contributed by atoms with Crippen LogP contribution in [0.25, 0.3) is 0 Å². The summed E-state index contributed by atoms with van der Waals surface area (Å²) in [6.45, 7) is 8.38. The van der Waals surface area contributed by atoms with Gasteiger partial charge in [-0.3, -0.25) is 0 Å². The van der Waals surface area contributed by atoms with Crippen LogP contribution in [0.1, 0.15) is 40.5 Å². The molecule has 1 fully saturated rings. The average Bonchev–Trinajstić information content (AvgIpc) is 2.27. The Bertz CT molecular complexity index is 164. The first kappa shape index (κ1) is 9.96. The van der Waals surface area contributed by atoms with Crippen LogP contribution in [0.4, 0.5) is 0 Å². The van der Waals surface area contributed by atoms with Crippen molar-refractivity contribution < 1.29 is 9.94 Å². The topological polar surface area (TPSA) is 32.4 Å². The van der Waals surface area contributed by atoms with Crippen LogP contribution in [0.3, 0.4) is 0 Å². The van der Waals surface area contributed by atoms with Gasteiger partial charge in [0, 0.05) is 0 Å². The molecule has 0 bridgehead atoms. The molecule has 1 aliphatic rings. The van der Waals surface area contributed by atoms with E-state index in [1.54, 1.807) is 0 Å². The number of hydrogen-bond acceptors (Lipinski definition) is 2. The van der Waals surface area contributed by atoms with Crippen LogP contribution in [0, 0.1) is 0 Å². The molecule has 3 heteroatoms. The predicted octanol–water partition coefficient (Wildman–Crippen LogP) is 1.96.